The summed E-state index contributed by atoms with van der Waals surface area (Å²) in [7, 11) is 1.63. The first-order chi connectivity index (χ1) is 29.9. The topological polar surface area (TPSA) is 158 Å². The Morgan fingerprint density at radius 3 is 1.70 bits per heavy atom. The Hall–Kier alpha value is -5.04. The molecule has 7 rings (SSSR count). The molecule has 1 aromatic heterocycles. The monoisotopic (exact) mass is 862 g/mol. The zero-order valence-corrected chi connectivity index (χ0v) is 36.2. The molecule has 2 bridgehead atoms. The summed E-state index contributed by atoms with van der Waals surface area (Å²) in [5.41, 5.74) is 5.88. The average molecular weight is 863 g/mol. The van der Waals surface area contributed by atoms with Gasteiger partial charge < -0.3 is 57.7 Å². The minimum atomic E-state index is -0.956. The lowest BCUT2D eigenvalue weighted by atomic mass is 10.2. The molecule has 4 aromatic rings. The van der Waals surface area contributed by atoms with E-state index in [2.05, 4.69) is 80.2 Å². The number of ether oxygens (including phenoxy) is 8. The Balaban J connectivity index is 1.34. The molecule has 0 radical (unpaired) electrons. The molecular formula is C44H58N6O10S. The molecule has 17 heteroatoms. The third-order valence-electron chi connectivity index (χ3n) is 9.87. The molecule has 0 atom stereocenters. The molecule has 3 aliphatic rings. The van der Waals surface area contributed by atoms with Gasteiger partial charge in [-0.15, -0.1) is 21.6 Å². The lowest BCUT2D eigenvalue weighted by Crippen LogP contribution is -2.34. The number of rotatable bonds is 9. The van der Waals surface area contributed by atoms with Crippen molar-refractivity contribution in [3.63, 3.8) is 0 Å². The first kappa shape index (κ1) is 45.5. The van der Waals surface area contributed by atoms with E-state index in [1.54, 1.807) is 12.5 Å². The van der Waals surface area contributed by atoms with Gasteiger partial charge in [0.1, 0.15) is 37.1 Å². The van der Waals surface area contributed by atoms with E-state index in [4.69, 9.17) is 43.0 Å². The van der Waals surface area contributed by atoms with Gasteiger partial charge in [0, 0.05) is 44.7 Å². The molecule has 1 saturated heterocycles. The van der Waals surface area contributed by atoms with Gasteiger partial charge in [0.15, 0.2) is 0 Å². The first-order valence-electron chi connectivity index (χ1n) is 20.7. The molecule has 61 heavy (non-hydrogen) atoms. The third kappa shape index (κ3) is 14.5. The predicted molar refractivity (Wildman–Crippen MR) is 235 cm³/mol. The van der Waals surface area contributed by atoms with E-state index in [0.29, 0.717) is 141 Å². The number of nitrogens with zero attached hydrogens (tertiary/aromatic N) is 6. The van der Waals surface area contributed by atoms with Crippen molar-refractivity contribution in [3.05, 3.63) is 76.8 Å². The summed E-state index contributed by atoms with van der Waals surface area (Å²) in [6.07, 6.45) is -0.178. The zero-order chi connectivity index (χ0) is 42.7. The summed E-state index contributed by atoms with van der Waals surface area (Å²) in [6.45, 7) is 13.1. The Morgan fingerprint density at radius 2 is 1.18 bits per heavy atom. The highest BCUT2D eigenvalue weighted by Gasteiger charge is 2.20. The van der Waals surface area contributed by atoms with Crippen LogP contribution in [-0.4, -0.2) is 142 Å². The molecule has 0 aliphatic carbocycles. The quantitative estimate of drug-likeness (QED) is 0.110. The predicted octanol–water partition coefficient (Wildman–Crippen LogP) is 6.50. The van der Waals surface area contributed by atoms with Gasteiger partial charge in [0.25, 0.3) is 0 Å². The third-order valence-corrected chi connectivity index (χ3v) is 10.6. The van der Waals surface area contributed by atoms with E-state index < -0.39 is 5.97 Å². The van der Waals surface area contributed by atoms with E-state index in [0.717, 1.165) is 39.7 Å². The number of azo groups is 1. The van der Waals surface area contributed by atoms with E-state index in [1.807, 2.05) is 18.2 Å². The Bertz CT molecular complexity index is 1900. The van der Waals surface area contributed by atoms with Gasteiger partial charge in [-0.05, 0) is 61.4 Å². The van der Waals surface area contributed by atoms with Gasteiger partial charge in [-0.2, -0.15) is 0 Å². The second-order valence-electron chi connectivity index (χ2n) is 14.4. The lowest BCUT2D eigenvalue weighted by molar-refractivity contribution is -0.136. The van der Waals surface area contributed by atoms with E-state index >= 15 is 0 Å². The number of fused-ring (bicyclic) bond motifs is 20. The summed E-state index contributed by atoms with van der Waals surface area (Å²) in [6, 6.07) is 18.2. The van der Waals surface area contributed by atoms with Crippen LogP contribution in [0.5, 0.6) is 17.2 Å². The van der Waals surface area contributed by atoms with Crippen LogP contribution in [0.15, 0.2) is 70.2 Å². The largest absolute Gasteiger partial charge is 0.490 e. The molecule has 0 spiro atoms. The van der Waals surface area contributed by atoms with Gasteiger partial charge in [-0.1, -0.05) is 12.1 Å². The normalized spacial score (nSPS) is 16.9. The highest BCUT2D eigenvalue weighted by atomic mass is 32.1. The van der Waals surface area contributed by atoms with Crippen LogP contribution in [0.2, 0.25) is 0 Å². The summed E-state index contributed by atoms with van der Waals surface area (Å²) in [5, 5.41) is 19.9. The van der Waals surface area contributed by atoms with Crippen molar-refractivity contribution in [2.75, 3.05) is 140 Å². The SMILES string of the molecule is COCCOc1cc(/N=N/c2nc(CC(=O)O)cs2)ccc1N1CCOc2cc(C)ccc2N2CCOCCOCCN(CCOCCOCC2)c2ccc(C)cc2OCC1. The summed E-state index contributed by atoms with van der Waals surface area (Å²) in [4.78, 5) is 22.1. The average Bonchev–Trinajstić information content (AvgIpc) is 3.69. The number of anilines is 3. The number of aliphatic carboxylic acids is 1. The van der Waals surface area contributed by atoms with E-state index in [1.165, 1.54) is 11.3 Å². The zero-order valence-electron chi connectivity index (χ0n) is 35.4. The standard InChI is InChI=1S/C44H58N6O10S/c1-33-4-7-37-40(28-33)58-20-14-50(39-9-6-35(30-42(39)60-27-22-53-3)46-47-44-45-36(32-61-44)31-43(51)52)15-21-59-41-29-34(2)5-8-38(41)49-12-18-56-25-23-54-16-10-48(37)11-17-55-24-26-57-19-13-49/h4-9,28-30,32H,10-27,31H2,1-3H3,(H,51,52)/b47-46+. The summed E-state index contributed by atoms with van der Waals surface area (Å²) >= 11 is 1.23. The molecule has 0 unspecified atom stereocenters. The molecule has 0 saturated carbocycles. The van der Waals surface area contributed by atoms with Crippen molar-refractivity contribution < 1.29 is 47.8 Å². The van der Waals surface area contributed by atoms with Crippen LogP contribution in [0.25, 0.3) is 0 Å². The van der Waals surface area contributed by atoms with Crippen molar-refractivity contribution in [1.29, 1.82) is 0 Å². The minimum Gasteiger partial charge on any atom is -0.490 e. The molecule has 16 nitrogen and oxygen atoms in total. The molecule has 3 aromatic carbocycles. The van der Waals surface area contributed by atoms with E-state index in [-0.39, 0.29) is 6.42 Å². The number of aromatic nitrogens is 1. The number of benzene rings is 3. The lowest BCUT2D eigenvalue weighted by Gasteiger charge is -2.29. The summed E-state index contributed by atoms with van der Waals surface area (Å²) in [5.74, 6) is 1.17. The van der Waals surface area contributed by atoms with Crippen LogP contribution in [-0.2, 0) is 34.9 Å². The summed E-state index contributed by atoms with van der Waals surface area (Å²) < 4.78 is 49.3. The minimum absolute atomic E-state index is 0.178. The molecule has 330 valence electrons. The molecule has 4 heterocycles. The van der Waals surface area contributed by atoms with Crippen molar-refractivity contribution in [3.8, 4) is 17.2 Å². The number of methoxy groups -OCH3 is 1. The fourth-order valence-electron chi connectivity index (χ4n) is 6.78. The van der Waals surface area contributed by atoms with Crippen LogP contribution < -0.4 is 28.9 Å². The van der Waals surface area contributed by atoms with Gasteiger partial charge in [-0.25, -0.2) is 4.98 Å². The molecular weight excluding hydrogens is 805 g/mol. The number of aryl methyl sites for hydroxylation is 2. The highest BCUT2D eigenvalue weighted by molar-refractivity contribution is 7.13. The van der Waals surface area contributed by atoms with Crippen molar-refractivity contribution in [2.24, 2.45) is 10.2 Å². The molecule has 1 fully saturated rings. The van der Waals surface area contributed by atoms with Crippen LogP contribution in [0, 0.1) is 13.8 Å². The van der Waals surface area contributed by atoms with Gasteiger partial charge in [0.2, 0.25) is 5.13 Å². The number of carboxylic acids is 1. The number of carbonyl (C=O) groups is 1. The molecule has 3 aliphatic heterocycles. The van der Waals surface area contributed by atoms with Gasteiger partial charge >= 0.3 is 5.97 Å². The highest BCUT2D eigenvalue weighted by Crippen LogP contribution is 2.36. The maximum Gasteiger partial charge on any atom is 0.309 e. The van der Waals surface area contributed by atoms with Gasteiger partial charge in [-0.3, -0.25) is 4.79 Å². The molecule has 1 N–H and O–H groups in total. The van der Waals surface area contributed by atoms with Crippen LogP contribution in [0.3, 0.4) is 0 Å². The van der Waals surface area contributed by atoms with Crippen LogP contribution in [0.1, 0.15) is 16.8 Å². The van der Waals surface area contributed by atoms with Crippen LogP contribution in [0.4, 0.5) is 27.9 Å². The van der Waals surface area contributed by atoms with Crippen molar-refractivity contribution in [1.82, 2.24) is 4.98 Å². The second-order valence-corrected chi connectivity index (χ2v) is 15.3. The number of hydrogen-bond donors (Lipinski definition) is 1. The fourth-order valence-corrected chi connectivity index (χ4v) is 7.42. The maximum absolute atomic E-state index is 11.2. The number of hydrogen-bond acceptors (Lipinski definition) is 16. The Labute approximate surface area is 361 Å². The van der Waals surface area contributed by atoms with E-state index in [9.17, 15) is 4.79 Å². The number of carboxylic acid groups (broad SMARTS) is 1. The van der Waals surface area contributed by atoms with Crippen molar-refractivity contribution in [2.45, 2.75) is 20.3 Å². The smallest absolute Gasteiger partial charge is 0.309 e. The van der Waals surface area contributed by atoms with Gasteiger partial charge in [0.05, 0.1) is 107 Å². The van der Waals surface area contributed by atoms with Crippen molar-refractivity contribution >= 4 is 45.2 Å². The maximum atomic E-state index is 11.2. The molecule has 0 amide bonds. The second kappa shape index (κ2) is 24.4. The van der Waals surface area contributed by atoms with Crippen LogP contribution >= 0.6 is 11.3 Å². The number of thiazole rings is 1. The fraction of sp³-hybridized carbons (Fsp3) is 0.500. The first-order valence-corrected chi connectivity index (χ1v) is 21.6. The Morgan fingerprint density at radius 1 is 0.672 bits per heavy atom. The Kier molecular flexibility index (Phi) is 18.2.